The fourth-order valence-corrected chi connectivity index (χ4v) is 10.3. The Morgan fingerprint density at radius 3 is 1.21 bits per heavy atom. The van der Waals surface area contributed by atoms with Crippen LogP contribution in [-0.2, 0) is 5.41 Å². The van der Waals surface area contributed by atoms with Gasteiger partial charge < -0.3 is 4.74 Å². The lowest BCUT2D eigenvalue weighted by atomic mass is 9.66. The molecule has 0 unspecified atom stereocenters. The number of hydrogen-bond acceptors (Lipinski definition) is 4. The zero-order valence-corrected chi connectivity index (χ0v) is 33.5. The second kappa shape index (κ2) is 13.4. The van der Waals surface area contributed by atoms with Crippen LogP contribution in [0.15, 0.2) is 212 Å². The number of nitrogens with zero attached hydrogens (tertiary/aromatic N) is 3. The van der Waals surface area contributed by atoms with Crippen LogP contribution >= 0.6 is 0 Å². The molecule has 2 heterocycles. The molecule has 288 valence electrons. The largest absolute Gasteiger partial charge is 0.457 e. The van der Waals surface area contributed by atoms with Crippen molar-refractivity contribution in [3.8, 4) is 67.9 Å². The summed E-state index contributed by atoms with van der Waals surface area (Å²) in [5.41, 5.74) is 11.5. The van der Waals surface area contributed by atoms with Gasteiger partial charge in [-0.05, 0) is 96.0 Å². The Kier molecular flexibility index (Phi) is 7.49. The number of fused-ring (bicyclic) bond motifs is 15. The van der Waals surface area contributed by atoms with Crippen molar-refractivity contribution < 1.29 is 4.74 Å². The van der Waals surface area contributed by atoms with Crippen LogP contribution in [0, 0.1) is 0 Å². The van der Waals surface area contributed by atoms with Gasteiger partial charge in [-0.25, -0.2) is 15.0 Å². The van der Waals surface area contributed by atoms with E-state index in [9.17, 15) is 0 Å². The van der Waals surface area contributed by atoms with Crippen LogP contribution in [0.25, 0.3) is 88.7 Å². The topological polar surface area (TPSA) is 47.9 Å². The van der Waals surface area contributed by atoms with E-state index in [2.05, 4.69) is 176 Å². The van der Waals surface area contributed by atoms with Gasteiger partial charge >= 0.3 is 0 Å². The van der Waals surface area contributed by atoms with E-state index in [0.717, 1.165) is 50.4 Å². The van der Waals surface area contributed by atoms with E-state index in [-0.39, 0.29) is 0 Å². The maximum atomic E-state index is 6.67. The molecule has 1 spiro atoms. The van der Waals surface area contributed by atoms with Crippen molar-refractivity contribution >= 4 is 32.3 Å². The monoisotopic (exact) mass is 789 g/mol. The number of para-hydroxylation sites is 2. The third-order valence-corrected chi connectivity index (χ3v) is 13.0. The van der Waals surface area contributed by atoms with Gasteiger partial charge in [0.05, 0.1) is 5.41 Å². The first-order valence-corrected chi connectivity index (χ1v) is 21.1. The summed E-state index contributed by atoms with van der Waals surface area (Å²) in [6.07, 6.45) is 0. The lowest BCUT2D eigenvalue weighted by Crippen LogP contribution is -2.32. The van der Waals surface area contributed by atoms with Crippen LogP contribution in [0.5, 0.6) is 11.5 Å². The molecule has 4 heteroatoms. The second-order valence-electron chi connectivity index (χ2n) is 16.3. The molecular weight excluding hydrogens is 755 g/mol. The lowest BCUT2D eigenvalue weighted by Gasteiger charge is -2.39. The summed E-state index contributed by atoms with van der Waals surface area (Å²) in [4.78, 5) is 15.3. The van der Waals surface area contributed by atoms with E-state index in [0.29, 0.717) is 17.5 Å². The Balaban J connectivity index is 1.07. The van der Waals surface area contributed by atoms with Crippen molar-refractivity contribution in [2.24, 2.45) is 0 Å². The molecule has 2 aliphatic rings. The highest BCUT2D eigenvalue weighted by Gasteiger charge is 2.51. The van der Waals surface area contributed by atoms with Gasteiger partial charge in [0.15, 0.2) is 17.5 Å². The summed E-state index contributed by atoms with van der Waals surface area (Å²) in [6.45, 7) is 0. The van der Waals surface area contributed by atoms with Crippen molar-refractivity contribution in [1.29, 1.82) is 0 Å². The van der Waals surface area contributed by atoms with Crippen LogP contribution in [-0.4, -0.2) is 15.0 Å². The normalized spacial score (nSPS) is 13.1. The van der Waals surface area contributed by atoms with Crippen LogP contribution in [0.3, 0.4) is 0 Å². The van der Waals surface area contributed by atoms with E-state index in [1.54, 1.807) is 0 Å². The summed E-state index contributed by atoms with van der Waals surface area (Å²) in [7, 11) is 0. The Labute approximate surface area is 358 Å². The minimum Gasteiger partial charge on any atom is -0.457 e. The molecule has 11 aromatic rings. The van der Waals surface area contributed by atoms with Gasteiger partial charge in [0.1, 0.15) is 11.5 Å². The zero-order valence-electron chi connectivity index (χ0n) is 33.5. The minimum absolute atomic E-state index is 0.616. The van der Waals surface area contributed by atoms with Gasteiger partial charge in [-0.1, -0.05) is 182 Å². The van der Waals surface area contributed by atoms with Crippen LogP contribution < -0.4 is 4.74 Å². The molecule has 0 fully saturated rings. The molecule has 0 saturated heterocycles. The average molecular weight is 790 g/mol. The summed E-state index contributed by atoms with van der Waals surface area (Å²) in [6, 6.07) is 75.7. The Hall–Kier alpha value is -8.21. The molecule has 0 atom stereocenters. The van der Waals surface area contributed by atoms with Crippen molar-refractivity contribution in [1.82, 2.24) is 15.0 Å². The number of benzene rings is 10. The van der Waals surface area contributed by atoms with Crippen molar-refractivity contribution in [3.05, 3.63) is 235 Å². The molecule has 0 amide bonds. The Morgan fingerprint density at radius 1 is 0.274 bits per heavy atom. The summed E-state index contributed by atoms with van der Waals surface area (Å²) in [5, 5.41) is 7.59. The molecule has 10 aromatic carbocycles. The van der Waals surface area contributed by atoms with E-state index in [1.165, 1.54) is 54.6 Å². The van der Waals surface area contributed by atoms with Crippen molar-refractivity contribution in [3.63, 3.8) is 0 Å². The predicted octanol–water partition coefficient (Wildman–Crippen LogP) is 14.5. The Morgan fingerprint density at radius 2 is 0.661 bits per heavy atom. The smallest absolute Gasteiger partial charge is 0.164 e. The highest BCUT2D eigenvalue weighted by molar-refractivity contribution is 6.25. The average Bonchev–Trinajstić information content (AvgIpc) is 3.63. The standard InChI is InChI=1S/C58H35N3O/c1-3-15-36(16-4-1)55-59-56(37-17-5-2-6-18-37)61-57(60-55)40-29-32-50-48(35-40)47-34-39(28-31-49(47)58(50)51-23-11-13-25-53(51)62-54-26-14-12-24-52(54)58)38-27-30-45-43-21-8-7-19-41(43)42-20-9-10-22-44(42)46(45)33-38/h1-35H. The summed E-state index contributed by atoms with van der Waals surface area (Å²) >= 11 is 0. The van der Waals surface area contributed by atoms with Crippen LogP contribution in [0.1, 0.15) is 22.3 Å². The third kappa shape index (κ3) is 5.04. The van der Waals surface area contributed by atoms with Crippen molar-refractivity contribution in [2.45, 2.75) is 5.41 Å². The third-order valence-electron chi connectivity index (χ3n) is 13.0. The molecule has 0 N–H and O–H groups in total. The van der Waals surface area contributed by atoms with Crippen LogP contribution in [0.2, 0.25) is 0 Å². The van der Waals surface area contributed by atoms with E-state index < -0.39 is 5.41 Å². The van der Waals surface area contributed by atoms with E-state index >= 15 is 0 Å². The van der Waals surface area contributed by atoms with Crippen LogP contribution in [0.4, 0.5) is 0 Å². The second-order valence-corrected chi connectivity index (χ2v) is 16.3. The first-order valence-electron chi connectivity index (χ1n) is 21.1. The molecule has 0 radical (unpaired) electrons. The summed E-state index contributed by atoms with van der Waals surface area (Å²) < 4.78 is 6.67. The van der Waals surface area contributed by atoms with Crippen molar-refractivity contribution in [2.75, 3.05) is 0 Å². The van der Waals surface area contributed by atoms with Gasteiger partial charge in [0.25, 0.3) is 0 Å². The Bertz CT molecular complexity index is 3480. The maximum absolute atomic E-state index is 6.67. The fourth-order valence-electron chi connectivity index (χ4n) is 10.3. The molecule has 13 rings (SSSR count). The molecule has 1 aromatic heterocycles. The predicted molar refractivity (Wildman–Crippen MR) is 251 cm³/mol. The van der Waals surface area contributed by atoms with E-state index in [4.69, 9.17) is 19.7 Å². The molecule has 4 nitrogen and oxygen atoms in total. The highest BCUT2D eigenvalue weighted by Crippen LogP contribution is 2.62. The minimum atomic E-state index is -0.616. The van der Waals surface area contributed by atoms with Gasteiger partial charge in [-0.15, -0.1) is 0 Å². The first-order chi connectivity index (χ1) is 30.7. The van der Waals surface area contributed by atoms with E-state index in [1.807, 2.05) is 36.4 Å². The fraction of sp³-hybridized carbons (Fsp3) is 0.0172. The molecular formula is C58H35N3O. The number of ether oxygens (including phenoxy) is 1. The van der Waals surface area contributed by atoms with Gasteiger partial charge in [-0.3, -0.25) is 0 Å². The van der Waals surface area contributed by atoms with Gasteiger partial charge in [0.2, 0.25) is 0 Å². The SMILES string of the molecule is c1ccc(-c2nc(-c3ccccc3)nc(-c3ccc4c(c3)-c3cc(-c5ccc6c7ccccc7c7ccccc7c6c5)ccc3C43c4ccccc4Oc4ccccc43)n2)cc1. The lowest BCUT2D eigenvalue weighted by molar-refractivity contribution is 0.436. The number of hydrogen-bond donors (Lipinski definition) is 0. The maximum Gasteiger partial charge on any atom is 0.164 e. The molecule has 62 heavy (non-hydrogen) atoms. The highest BCUT2D eigenvalue weighted by atomic mass is 16.5. The number of aromatic nitrogens is 3. The molecule has 1 aliphatic heterocycles. The van der Waals surface area contributed by atoms with Gasteiger partial charge in [0, 0.05) is 27.8 Å². The first kappa shape index (κ1) is 34.6. The quantitative estimate of drug-likeness (QED) is 0.167. The number of rotatable bonds is 4. The zero-order chi connectivity index (χ0) is 40.8. The molecule has 0 bridgehead atoms. The molecule has 0 saturated carbocycles. The molecule has 1 aliphatic carbocycles. The summed E-state index contributed by atoms with van der Waals surface area (Å²) in [5.74, 6) is 3.63. The van der Waals surface area contributed by atoms with Gasteiger partial charge in [-0.2, -0.15) is 0 Å².